The van der Waals surface area contributed by atoms with Crippen LogP contribution in [0.1, 0.15) is 39.0 Å². The molecule has 0 saturated carbocycles. The van der Waals surface area contributed by atoms with Crippen LogP contribution in [0.3, 0.4) is 0 Å². The summed E-state index contributed by atoms with van der Waals surface area (Å²) in [5, 5.41) is 0. The van der Waals surface area contributed by atoms with E-state index < -0.39 is 0 Å². The first kappa shape index (κ1) is 14.6. The lowest BCUT2D eigenvalue weighted by Gasteiger charge is -2.20. The van der Waals surface area contributed by atoms with Crippen molar-refractivity contribution < 1.29 is 9.53 Å². The van der Waals surface area contributed by atoms with Crippen molar-refractivity contribution in [1.82, 2.24) is 0 Å². The summed E-state index contributed by atoms with van der Waals surface area (Å²) in [7, 11) is 1.65. The fourth-order valence-electron chi connectivity index (χ4n) is 3.15. The van der Waals surface area contributed by atoms with Gasteiger partial charge in [-0.2, -0.15) is 0 Å². The van der Waals surface area contributed by atoms with E-state index in [1.54, 1.807) is 7.11 Å². The minimum Gasteiger partial charge on any atom is -0.497 e. The summed E-state index contributed by atoms with van der Waals surface area (Å²) in [5.74, 6) is 0.973. The lowest BCUT2D eigenvalue weighted by Crippen LogP contribution is -2.15. The van der Waals surface area contributed by atoms with Crippen molar-refractivity contribution >= 4 is 11.9 Å². The van der Waals surface area contributed by atoms with E-state index in [-0.39, 0.29) is 5.78 Å². The highest BCUT2D eigenvalue weighted by atomic mass is 16.5. The van der Waals surface area contributed by atoms with E-state index in [0.717, 1.165) is 40.9 Å². The van der Waals surface area contributed by atoms with Crippen molar-refractivity contribution in [2.24, 2.45) is 0 Å². The van der Waals surface area contributed by atoms with Gasteiger partial charge in [-0.25, -0.2) is 0 Å². The van der Waals surface area contributed by atoms with Crippen molar-refractivity contribution in [3.8, 4) is 5.75 Å². The van der Waals surface area contributed by atoms with Gasteiger partial charge in [0.05, 0.1) is 7.11 Å². The fourth-order valence-corrected chi connectivity index (χ4v) is 3.15. The Morgan fingerprint density at radius 2 is 1.91 bits per heavy atom. The molecule has 2 aromatic rings. The molecule has 1 aliphatic rings. The van der Waals surface area contributed by atoms with Crippen molar-refractivity contribution in [3.05, 3.63) is 69.8 Å². The quantitative estimate of drug-likeness (QED) is 0.760. The van der Waals surface area contributed by atoms with Crippen LogP contribution in [0.25, 0.3) is 6.08 Å². The van der Waals surface area contributed by atoms with Crippen LogP contribution < -0.4 is 4.74 Å². The van der Waals surface area contributed by atoms with E-state index >= 15 is 0 Å². The maximum Gasteiger partial charge on any atom is 0.189 e. The third-order valence-electron chi connectivity index (χ3n) is 4.23. The van der Waals surface area contributed by atoms with Crippen LogP contribution >= 0.6 is 0 Å². The highest BCUT2D eigenvalue weighted by molar-refractivity contribution is 6.13. The second-order valence-corrected chi connectivity index (χ2v) is 5.88. The number of aryl methyl sites for hydroxylation is 2. The van der Waals surface area contributed by atoms with Crippen molar-refractivity contribution in [3.63, 3.8) is 0 Å². The standard InChI is InChI=1S/C20H20O2/c1-13-9-14(2)18-8-7-16(20(21)19(18)10-13)11-15-5-4-6-17(12-15)22-3/h4-6,9-12H,7-8H2,1-3H3/b16-11+. The molecule has 0 heterocycles. The van der Waals surface area contributed by atoms with Crippen LogP contribution in [0.2, 0.25) is 0 Å². The number of methoxy groups -OCH3 is 1. The summed E-state index contributed by atoms with van der Waals surface area (Å²) in [6, 6.07) is 12.0. The van der Waals surface area contributed by atoms with Gasteiger partial charge in [-0.3, -0.25) is 4.79 Å². The summed E-state index contributed by atoms with van der Waals surface area (Å²) in [4.78, 5) is 12.8. The molecule has 0 N–H and O–H groups in total. The molecule has 0 bridgehead atoms. The molecule has 0 radical (unpaired) electrons. The molecule has 2 heteroatoms. The highest BCUT2D eigenvalue weighted by Gasteiger charge is 2.23. The second-order valence-electron chi connectivity index (χ2n) is 5.88. The van der Waals surface area contributed by atoms with E-state index in [2.05, 4.69) is 13.0 Å². The number of carbonyl (C=O) groups is 1. The predicted octanol–water partition coefficient (Wildman–Crippen LogP) is 4.52. The number of carbonyl (C=O) groups excluding carboxylic acids is 1. The first-order valence-corrected chi connectivity index (χ1v) is 7.58. The van der Waals surface area contributed by atoms with Gasteiger partial charge in [0.2, 0.25) is 0 Å². The maximum atomic E-state index is 12.8. The lowest BCUT2D eigenvalue weighted by atomic mass is 9.83. The van der Waals surface area contributed by atoms with Crippen LogP contribution in [0.15, 0.2) is 42.0 Å². The molecule has 0 aliphatic heterocycles. The Kier molecular flexibility index (Phi) is 3.84. The normalized spacial score (nSPS) is 15.8. The van der Waals surface area contributed by atoms with Crippen LogP contribution in [-0.2, 0) is 6.42 Å². The average Bonchev–Trinajstić information content (AvgIpc) is 2.51. The number of benzene rings is 2. The number of hydrogen-bond acceptors (Lipinski definition) is 2. The number of ketones is 1. The molecular weight excluding hydrogens is 272 g/mol. The molecule has 0 aromatic heterocycles. The molecule has 0 atom stereocenters. The van der Waals surface area contributed by atoms with Gasteiger partial charge in [0.25, 0.3) is 0 Å². The highest BCUT2D eigenvalue weighted by Crippen LogP contribution is 2.30. The molecular formula is C20H20O2. The van der Waals surface area contributed by atoms with Gasteiger partial charge in [0, 0.05) is 11.1 Å². The summed E-state index contributed by atoms with van der Waals surface area (Å²) in [6.07, 6.45) is 3.72. The zero-order valence-corrected chi connectivity index (χ0v) is 13.3. The Morgan fingerprint density at radius 3 is 2.68 bits per heavy atom. The minimum absolute atomic E-state index is 0.163. The zero-order valence-electron chi connectivity index (χ0n) is 13.3. The number of Topliss-reactive ketones (excluding diaryl/α,β-unsaturated/α-hetero) is 1. The SMILES string of the molecule is COc1cccc(/C=C2\CCc3c(C)cc(C)cc3C2=O)c1. The molecule has 0 unspecified atom stereocenters. The molecule has 0 spiro atoms. The van der Waals surface area contributed by atoms with E-state index in [0.29, 0.717) is 0 Å². The van der Waals surface area contributed by atoms with Crippen LogP contribution in [-0.4, -0.2) is 12.9 Å². The van der Waals surface area contributed by atoms with Gasteiger partial charge >= 0.3 is 0 Å². The van der Waals surface area contributed by atoms with E-state index in [1.807, 2.05) is 43.3 Å². The zero-order chi connectivity index (χ0) is 15.7. The van der Waals surface area contributed by atoms with Gasteiger partial charge in [-0.1, -0.05) is 23.8 Å². The predicted molar refractivity (Wildman–Crippen MR) is 89.5 cm³/mol. The topological polar surface area (TPSA) is 26.3 Å². The summed E-state index contributed by atoms with van der Waals surface area (Å²) in [6.45, 7) is 4.14. The molecule has 112 valence electrons. The molecule has 3 rings (SSSR count). The molecule has 2 aromatic carbocycles. The largest absolute Gasteiger partial charge is 0.497 e. The molecule has 2 nitrogen and oxygen atoms in total. The Hall–Kier alpha value is -2.35. The third-order valence-corrected chi connectivity index (χ3v) is 4.23. The molecule has 1 aliphatic carbocycles. The summed E-state index contributed by atoms with van der Waals surface area (Å²) < 4.78 is 5.24. The monoisotopic (exact) mass is 292 g/mol. The van der Waals surface area contributed by atoms with Gasteiger partial charge in [-0.15, -0.1) is 0 Å². The van der Waals surface area contributed by atoms with E-state index in [4.69, 9.17) is 4.74 Å². The smallest absolute Gasteiger partial charge is 0.189 e. The lowest BCUT2D eigenvalue weighted by molar-refractivity contribution is 0.102. The minimum atomic E-state index is 0.163. The number of hydrogen-bond donors (Lipinski definition) is 0. The molecule has 0 saturated heterocycles. The van der Waals surface area contributed by atoms with Crippen LogP contribution in [0, 0.1) is 13.8 Å². The molecule has 0 amide bonds. The van der Waals surface area contributed by atoms with Crippen LogP contribution in [0.4, 0.5) is 0 Å². The Morgan fingerprint density at radius 1 is 1.09 bits per heavy atom. The second kappa shape index (κ2) is 5.80. The van der Waals surface area contributed by atoms with Gasteiger partial charge in [-0.05, 0) is 67.7 Å². The third kappa shape index (κ3) is 2.69. The van der Waals surface area contributed by atoms with Crippen molar-refractivity contribution in [2.45, 2.75) is 26.7 Å². The average molecular weight is 292 g/mol. The van der Waals surface area contributed by atoms with Gasteiger partial charge in [0.1, 0.15) is 5.75 Å². The number of ether oxygens (including phenoxy) is 1. The van der Waals surface area contributed by atoms with E-state index in [1.165, 1.54) is 11.1 Å². The van der Waals surface area contributed by atoms with Crippen molar-refractivity contribution in [2.75, 3.05) is 7.11 Å². The summed E-state index contributed by atoms with van der Waals surface area (Å²) in [5.41, 5.74) is 6.34. The van der Waals surface area contributed by atoms with Gasteiger partial charge < -0.3 is 4.74 Å². The molecule has 0 fully saturated rings. The van der Waals surface area contributed by atoms with Crippen LogP contribution in [0.5, 0.6) is 5.75 Å². The number of allylic oxidation sites excluding steroid dienone is 1. The maximum absolute atomic E-state index is 12.8. The summed E-state index contributed by atoms with van der Waals surface area (Å²) >= 11 is 0. The van der Waals surface area contributed by atoms with Gasteiger partial charge in [0.15, 0.2) is 5.78 Å². The fraction of sp³-hybridized carbons (Fsp3) is 0.250. The Balaban J connectivity index is 2.00. The molecule has 22 heavy (non-hydrogen) atoms. The Bertz CT molecular complexity index is 769. The first-order valence-electron chi connectivity index (χ1n) is 7.58. The number of rotatable bonds is 2. The number of fused-ring (bicyclic) bond motifs is 1. The Labute approximate surface area is 131 Å². The van der Waals surface area contributed by atoms with E-state index in [9.17, 15) is 4.79 Å². The first-order chi connectivity index (χ1) is 10.6. The van der Waals surface area contributed by atoms with Crippen molar-refractivity contribution in [1.29, 1.82) is 0 Å².